The molecule has 0 amide bonds. The smallest absolute Gasteiger partial charge is 0.163 e. The van der Waals surface area contributed by atoms with E-state index >= 15 is 0 Å². The number of benzene rings is 2. The maximum atomic E-state index is 12.9. The van der Waals surface area contributed by atoms with Crippen molar-refractivity contribution < 1.29 is 9.18 Å². The fraction of sp³-hybridized carbons (Fsp3) is 0.211. The third-order valence-electron chi connectivity index (χ3n) is 4.09. The summed E-state index contributed by atoms with van der Waals surface area (Å²) in [6.45, 7) is 4.10. The molecule has 2 nitrogen and oxygen atoms in total. The van der Waals surface area contributed by atoms with E-state index < -0.39 is 0 Å². The number of hydrogen-bond donors (Lipinski definition) is 1. The van der Waals surface area contributed by atoms with Crippen LogP contribution in [0.25, 0.3) is 10.9 Å². The lowest BCUT2D eigenvalue weighted by Crippen LogP contribution is -2.06. The van der Waals surface area contributed by atoms with E-state index in [0.29, 0.717) is 12.0 Å². The molecule has 3 heteroatoms. The number of para-hydroxylation sites is 1. The fourth-order valence-corrected chi connectivity index (χ4v) is 3.07. The Hall–Kier alpha value is -2.42. The van der Waals surface area contributed by atoms with Gasteiger partial charge in [-0.3, -0.25) is 4.79 Å². The molecule has 0 aliphatic carbocycles. The van der Waals surface area contributed by atoms with Crippen molar-refractivity contribution in [1.82, 2.24) is 4.98 Å². The molecule has 3 rings (SSSR count). The highest BCUT2D eigenvalue weighted by Crippen LogP contribution is 2.31. The third-order valence-corrected chi connectivity index (χ3v) is 4.09. The van der Waals surface area contributed by atoms with E-state index in [2.05, 4.69) is 18.0 Å². The van der Waals surface area contributed by atoms with E-state index in [9.17, 15) is 9.18 Å². The Labute approximate surface area is 129 Å². The molecule has 0 saturated carbocycles. The summed E-state index contributed by atoms with van der Waals surface area (Å²) < 4.78 is 12.9. The van der Waals surface area contributed by atoms with E-state index in [1.165, 1.54) is 23.1 Å². The molecular formula is C19H18FNO. The van der Waals surface area contributed by atoms with Crippen molar-refractivity contribution in [1.29, 1.82) is 0 Å². The second kappa shape index (κ2) is 5.76. The zero-order valence-electron chi connectivity index (χ0n) is 12.7. The molecule has 0 radical (unpaired) electrons. The fourth-order valence-electron chi connectivity index (χ4n) is 3.07. The first-order valence-corrected chi connectivity index (χ1v) is 7.42. The number of nitrogens with one attached hydrogen (secondary N) is 1. The summed E-state index contributed by atoms with van der Waals surface area (Å²) in [4.78, 5) is 15.7. The summed E-state index contributed by atoms with van der Waals surface area (Å²) >= 11 is 0. The molecule has 112 valence electrons. The summed E-state index contributed by atoms with van der Waals surface area (Å²) in [7, 11) is 0. The maximum Gasteiger partial charge on any atom is 0.163 e. The van der Waals surface area contributed by atoms with Crippen LogP contribution in [0.5, 0.6) is 0 Å². The number of aromatic amines is 1. The van der Waals surface area contributed by atoms with Gasteiger partial charge in [-0.1, -0.05) is 25.1 Å². The molecule has 0 unspecified atom stereocenters. The van der Waals surface area contributed by atoms with Gasteiger partial charge in [0.25, 0.3) is 0 Å². The quantitative estimate of drug-likeness (QED) is 0.676. The highest BCUT2D eigenvalue weighted by Gasteiger charge is 2.18. The van der Waals surface area contributed by atoms with Crippen LogP contribution in [0, 0.1) is 12.7 Å². The van der Waals surface area contributed by atoms with Gasteiger partial charge in [0.2, 0.25) is 0 Å². The number of fused-ring (bicyclic) bond motifs is 1. The molecule has 2 aromatic carbocycles. The Kier molecular flexibility index (Phi) is 3.80. The highest BCUT2D eigenvalue weighted by atomic mass is 19.1. The molecule has 0 saturated heterocycles. The molecule has 1 aromatic heterocycles. The molecule has 3 aromatic rings. The Bertz CT molecular complexity index is 817. The number of H-pyrrole nitrogens is 1. The number of aromatic nitrogens is 1. The molecular weight excluding hydrogens is 277 g/mol. The lowest BCUT2D eigenvalue weighted by atomic mass is 9.91. The van der Waals surface area contributed by atoms with Crippen LogP contribution in [0.15, 0.2) is 48.5 Å². The summed E-state index contributed by atoms with van der Waals surface area (Å²) in [5, 5.41) is 1.17. The number of halogens is 1. The van der Waals surface area contributed by atoms with Crippen LogP contribution < -0.4 is 0 Å². The van der Waals surface area contributed by atoms with Crippen molar-refractivity contribution in [3.63, 3.8) is 0 Å². The van der Waals surface area contributed by atoms with Gasteiger partial charge < -0.3 is 4.98 Å². The van der Waals surface area contributed by atoms with E-state index in [1.807, 2.05) is 25.1 Å². The second-order valence-electron chi connectivity index (χ2n) is 5.74. The summed E-state index contributed by atoms with van der Waals surface area (Å²) in [6.07, 6.45) is 0.411. The molecule has 1 heterocycles. The predicted molar refractivity (Wildman–Crippen MR) is 86.8 cm³/mol. The molecule has 0 aliphatic rings. The number of rotatable bonds is 4. The van der Waals surface area contributed by atoms with Crippen molar-refractivity contribution in [2.75, 3.05) is 0 Å². The molecule has 22 heavy (non-hydrogen) atoms. The first-order chi connectivity index (χ1) is 10.6. The Morgan fingerprint density at radius 2 is 1.82 bits per heavy atom. The highest BCUT2D eigenvalue weighted by molar-refractivity contribution is 5.97. The van der Waals surface area contributed by atoms with Gasteiger partial charge in [0.1, 0.15) is 5.82 Å². The second-order valence-corrected chi connectivity index (χ2v) is 5.74. The average molecular weight is 295 g/mol. The Morgan fingerprint density at radius 1 is 1.14 bits per heavy atom. The monoisotopic (exact) mass is 295 g/mol. The number of carbonyl (C=O) groups excluding carboxylic acids is 1. The van der Waals surface area contributed by atoms with Gasteiger partial charge >= 0.3 is 0 Å². The van der Waals surface area contributed by atoms with Crippen LogP contribution in [0.3, 0.4) is 0 Å². The average Bonchev–Trinajstić information content (AvgIpc) is 2.83. The molecule has 0 aliphatic heterocycles. The van der Waals surface area contributed by atoms with Gasteiger partial charge in [0.15, 0.2) is 5.78 Å². The first kappa shape index (κ1) is 14.5. The van der Waals surface area contributed by atoms with Gasteiger partial charge in [-0.2, -0.15) is 0 Å². The lowest BCUT2D eigenvalue weighted by Gasteiger charge is -2.12. The Balaban J connectivity index is 1.87. The normalized spacial score (nSPS) is 12.5. The van der Waals surface area contributed by atoms with Crippen molar-refractivity contribution in [2.45, 2.75) is 26.2 Å². The van der Waals surface area contributed by atoms with Crippen LogP contribution in [-0.4, -0.2) is 10.8 Å². The van der Waals surface area contributed by atoms with Crippen LogP contribution in [0.2, 0.25) is 0 Å². The van der Waals surface area contributed by atoms with Gasteiger partial charge in [0, 0.05) is 28.6 Å². The largest absolute Gasteiger partial charge is 0.358 e. The summed E-state index contributed by atoms with van der Waals surface area (Å²) in [5.41, 5.74) is 3.94. The minimum Gasteiger partial charge on any atom is -0.358 e. The summed E-state index contributed by atoms with van der Waals surface area (Å²) in [5.74, 6) is -0.178. The third kappa shape index (κ3) is 2.67. The maximum absolute atomic E-state index is 12.9. The lowest BCUT2D eigenvalue weighted by molar-refractivity contribution is 0.0976. The van der Waals surface area contributed by atoms with E-state index in [0.717, 1.165) is 11.2 Å². The molecule has 0 spiro atoms. The number of carbonyl (C=O) groups is 1. The van der Waals surface area contributed by atoms with Gasteiger partial charge in [-0.15, -0.1) is 0 Å². The number of hydrogen-bond acceptors (Lipinski definition) is 1. The van der Waals surface area contributed by atoms with E-state index in [-0.39, 0.29) is 17.5 Å². The van der Waals surface area contributed by atoms with E-state index in [1.54, 1.807) is 12.1 Å². The SMILES string of the molecule is Cc1[nH]c2ccccc2c1[C@H](C)CC(=O)c1ccc(F)cc1. The molecule has 0 bridgehead atoms. The number of ketones is 1. The number of aryl methyl sites for hydroxylation is 1. The topological polar surface area (TPSA) is 32.9 Å². The van der Waals surface area contributed by atoms with Crippen LogP contribution in [0.1, 0.15) is 40.9 Å². The van der Waals surface area contributed by atoms with Gasteiger partial charge in [0.05, 0.1) is 0 Å². The van der Waals surface area contributed by atoms with Crippen molar-refractivity contribution in [2.24, 2.45) is 0 Å². The standard InChI is InChI=1S/C19H18FNO/c1-12(11-18(22)14-7-9-15(20)10-8-14)19-13(2)21-17-6-4-3-5-16(17)19/h3-10,12,21H,11H2,1-2H3/t12-/m1/s1. The minimum atomic E-state index is -0.322. The van der Waals surface area contributed by atoms with Crippen LogP contribution >= 0.6 is 0 Å². The molecule has 1 atom stereocenters. The van der Waals surface area contributed by atoms with Crippen molar-refractivity contribution in [3.8, 4) is 0 Å². The minimum absolute atomic E-state index is 0.0391. The summed E-state index contributed by atoms with van der Waals surface area (Å²) in [6, 6.07) is 13.9. The predicted octanol–water partition coefficient (Wildman–Crippen LogP) is 4.99. The molecule has 1 N–H and O–H groups in total. The van der Waals surface area contributed by atoms with Crippen LogP contribution in [-0.2, 0) is 0 Å². The van der Waals surface area contributed by atoms with Crippen molar-refractivity contribution in [3.05, 3.63) is 71.2 Å². The Morgan fingerprint density at radius 3 is 2.55 bits per heavy atom. The molecule has 0 fully saturated rings. The zero-order valence-corrected chi connectivity index (χ0v) is 12.7. The zero-order chi connectivity index (χ0) is 15.7. The van der Waals surface area contributed by atoms with E-state index in [4.69, 9.17) is 0 Å². The van der Waals surface area contributed by atoms with Crippen molar-refractivity contribution >= 4 is 16.7 Å². The van der Waals surface area contributed by atoms with Gasteiger partial charge in [-0.05, 0) is 48.7 Å². The van der Waals surface area contributed by atoms with Gasteiger partial charge in [-0.25, -0.2) is 4.39 Å². The first-order valence-electron chi connectivity index (χ1n) is 7.42. The number of Topliss-reactive ketones (excluding diaryl/α,β-unsaturated/α-hetero) is 1. The van der Waals surface area contributed by atoms with Crippen LogP contribution in [0.4, 0.5) is 4.39 Å².